The van der Waals surface area contributed by atoms with Crippen molar-refractivity contribution in [3.63, 3.8) is 0 Å². The van der Waals surface area contributed by atoms with Gasteiger partial charge in [0, 0.05) is 6.04 Å². The molecule has 1 aromatic rings. The smallest absolute Gasteiger partial charge is 0.122 e. The first-order chi connectivity index (χ1) is 9.19. The highest BCUT2D eigenvalue weighted by Gasteiger charge is 2.36. The maximum atomic E-state index is 5.49. The van der Waals surface area contributed by atoms with Crippen molar-refractivity contribution in [2.24, 2.45) is 5.41 Å². The van der Waals surface area contributed by atoms with Crippen LogP contribution in [0.4, 0.5) is 0 Å². The summed E-state index contributed by atoms with van der Waals surface area (Å²) in [5.74, 6) is 1.02. The molecule has 0 amide bonds. The molecule has 0 heterocycles. The van der Waals surface area contributed by atoms with Crippen molar-refractivity contribution >= 4 is 0 Å². The molecule has 0 radical (unpaired) electrons. The molecule has 1 aromatic carbocycles. The van der Waals surface area contributed by atoms with Gasteiger partial charge in [0.1, 0.15) is 5.75 Å². The second kappa shape index (κ2) is 6.42. The molecule has 1 N–H and O–H groups in total. The predicted octanol–water partition coefficient (Wildman–Crippen LogP) is 3.80. The van der Waals surface area contributed by atoms with E-state index in [2.05, 4.69) is 37.4 Å². The lowest BCUT2D eigenvalue weighted by molar-refractivity contribution is 0.220. The third kappa shape index (κ3) is 3.30. The minimum Gasteiger partial charge on any atom is -0.496 e. The normalized spacial score (nSPS) is 19.3. The highest BCUT2D eigenvalue weighted by Crippen LogP contribution is 2.42. The van der Waals surface area contributed by atoms with Gasteiger partial charge in [-0.3, -0.25) is 0 Å². The Labute approximate surface area is 117 Å². The molecule has 1 aliphatic rings. The monoisotopic (exact) mass is 261 g/mol. The van der Waals surface area contributed by atoms with Crippen molar-refractivity contribution in [2.45, 2.75) is 52.0 Å². The molecule has 0 aliphatic heterocycles. The number of likely N-dealkylation sites (N-methyl/N-ethyl adjacent to an activating group) is 1. The van der Waals surface area contributed by atoms with E-state index in [-0.39, 0.29) is 0 Å². The van der Waals surface area contributed by atoms with E-state index in [1.54, 1.807) is 7.11 Å². The molecule has 0 saturated heterocycles. The summed E-state index contributed by atoms with van der Waals surface area (Å²) in [7, 11) is 1.76. The molecule has 2 heteroatoms. The first kappa shape index (κ1) is 14.4. The molecular formula is C17H27NO. The second-order valence-electron chi connectivity index (χ2n) is 5.99. The van der Waals surface area contributed by atoms with Gasteiger partial charge in [-0.1, -0.05) is 44.9 Å². The van der Waals surface area contributed by atoms with Gasteiger partial charge in [-0.2, -0.15) is 0 Å². The topological polar surface area (TPSA) is 21.3 Å². The SMILES string of the molecule is CCNC(Cc1ccccc1OC)C1(C)CCCC1. The van der Waals surface area contributed by atoms with Crippen molar-refractivity contribution in [3.05, 3.63) is 29.8 Å². The van der Waals surface area contributed by atoms with Crippen LogP contribution in [0.5, 0.6) is 5.75 Å². The molecule has 2 rings (SSSR count). The van der Waals surface area contributed by atoms with E-state index in [9.17, 15) is 0 Å². The average molecular weight is 261 g/mol. The van der Waals surface area contributed by atoms with Crippen LogP contribution in [0.25, 0.3) is 0 Å². The van der Waals surface area contributed by atoms with Gasteiger partial charge < -0.3 is 10.1 Å². The zero-order valence-corrected chi connectivity index (χ0v) is 12.5. The molecule has 1 saturated carbocycles. The van der Waals surface area contributed by atoms with E-state index in [0.717, 1.165) is 18.7 Å². The van der Waals surface area contributed by atoms with Crippen LogP contribution in [0.1, 0.15) is 45.1 Å². The van der Waals surface area contributed by atoms with Gasteiger partial charge in [0.05, 0.1) is 7.11 Å². The lowest BCUT2D eigenvalue weighted by atomic mass is 9.77. The summed E-state index contributed by atoms with van der Waals surface area (Å²) < 4.78 is 5.49. The summed E-state index contributed by atoms with van der Waals surface area (Å²) in [6, 6.07) is 8.97. The Kier molecular flexibility index (Phi) is 4.87. The molecule has 1 unspecified atom stereocenters. The molecule has 0 aromatic heterocycles. The van der Waals surface area contributed by atoms with Crippen LogP contribution in [-0.2, 0) is 6.42 Å². The van der Waals surface area contributed by atoms with Gasteiger partial charge in [-0.15, -0.1) is 0 Å². The summed E-state index contributed by atoms with van der Waals surface area (Å²) in [4.78, 5) is 0. The molecule has 0 bridgehead atoms. The van der Waals surface area contributed by atoms with E-state index in [4.69, 9.17) is 4.74 Å². The zero-order chi connectivity index (χ0) is 13.7. The molecule has 106 valence electrons. The van der Waals surface area contributed by atoms with Gasteiger partial charge >= 0.3 is 0 Å². The van der Waals surface area contributed by atoms with Crippen LogP contribution in [0.15, 0.2) is 24.3 Å². The minimum atomic E-state index is 0.441. The van der Waals surface area contributed by atoms with Crippen LogP contribution >= 0.6 is 0 Å². The molecule has 0 spiro atoms. The third-order valence-electron chi connectivity index (χ3n) is 4.65. The Morgan fingerprint density at radius 3 is 2.58 bits per heavy atom. The highest BCUT2D eigenvalue weighted by molar-refractivity contribution is 5.34. The van der Waals surface area contributed by atoms with Gasteiger partial charge in [0.15, 0.2) is 0 Å². The quantitative estimate of drug-likeness (QED) is 0.841. The molecule has 1 fully saturated rings. The number of rotatable bonds is 6. The lowest BCUT2D eigenvalue weighted by Crippen LogP contribution is -2.43. The van der Waals surface area contributed by atoms with Crippen molar-refractivity contribution < 1.29 is 4.74 Å². The van der Waals surface area contributed by atoms with Gasteiger partial charge in [0.2, 0.25) is 0 Å². The van der Waals surface area contributed by atoms with Crippen LogP contribution in [0.3, 0.4) is 0 Å². The number of hydrogen-bond donors (Lipinski definition) is 1. The summed E-state index contributed by atoms with van der Waals surface area (Å²) >= 11 is 0. The zero-order valence-electron chi connectivity index (χ0n) is 12.5. The average Bonchev–Trinajstić information content (AvgIpc) is 2.87. The van der Waals surface area contributed by atoms with Crippen molar-refractivity contribution in [1.29, 1.82) is 0 Å². The Hall–Kier alpha value is -1.02. The molecule has 1 atom stereocenters. The van der Waals surface area contributed by atoms with E-state index in [1.807, 2.05) is 6.07 Å². The van der Waals surface area contributed by atoms with E-state index < -0.39 is 0 Å². The summed E-state index contributed by atoms with van der Waals surface area (Å²) in [5.41, 5.74) is 1.76. The fourth-order valence-electron chi connectivity index (χ4n) is 3.43. The Balaban J connectivity index is 2.16. The Morgan fingerprint density at radius 2 is 1.95 bits per heavy atom. The van der Waals surface area contributed by atoms with Crippen LogP contribution in [0.2, 0.25) is 0 Å². The first-order valence-electron chi connectivity index (χ1n) is 7.55. The maximum absolute atomic E-state index is 5.49. The second-order valence-corrected chi connectivity index (χ2v) is 5.99. The van der Waals surface area contributed by atoms with Crippen LogP contribution in [0, 0.1) is 5.41 Å². The highest BCUT2D eigenvalue weighted by atomic mass is 16.5. The largest absolute Gasteiger partial charge is 0.496 e. The number of benzene rings is 1. The maximum Gasteiger partial charge on any atom is 0.122 e. The summed E-state index contributed by atoms with van der Waals surface area (Å²) in [5, 5.41) is 3.71. The van der Waals surface area contributed by atoms with Crippen molar-refractivity contribution in [3.8, 4) is 5.75 Å². The van der Waals surface area contributed by atoms with Gasteiger partial charge in [-0.05, 0) is 42.9 Å². The number of para-hydroxylation sites is 1. The number of methoxy groups -OCH3 is 1. The molecule has 19 heavy (non-hydrogen) atoms. The van der Waals surface area contributed by atoms with Gasteiger partial charge in [-0.25, -0.2) is 0 Å². The summed E-state index contributed by atoms with van der Waals surface area (Å²) in [6.45, 7) is 5.69. The van der Waals surface area contributed by atoms with Gasteiger partial charge in [0.25, 0.3) is 0 Å². The fourth-order valence-corrected chi connectivity index (χ4v) is 3.43. The van der Waals surface area contributed by atoms with E-state index >= 15 is 0 Å². The lowest BCUT2D eigenvalue weighted by Gasteiger charge is -2.35. The number of hydrogen-bond acceptors (Lipinski definition) is 2. The van der Waals surface area contributed by atoms with Crippen molar-refractivity contribution in [1.82, 2.24) is 5.32 Å². The Bertz CT molecular complexity index is 396. The first-order valence-corrected chi connectivity index (χ1v) is 7.55. The van der Waals surface area contributed by atoms with E-state index in [0.29, 0.717) is 11.5 Å². The van der Waals surface area contributed by atoms with Crippen molar-refractivity contribution in [2.75, 3.05) is 13.7 Å². The van der Waals surface area contributed by atoms with E-state index in [1.165, 1.54) is 31.2 Å². The standard InChI is InChI=1S/C17H27NO/c1-4-18-16(17(2)11-7-8-12-17)13-14-9-5-6-10-15(14)19-3/h5-6,9-10,16,18H,4,7-8,11-13H2,1-3H3. The minimum absolute atomic E-state index is 0.441. The summed E-state index contributed by atoms with van der Waals surface area (Å²) in [6.07, 6.45) is 6.52. The van der Waals surface area contributed by atoms with Crippen LogP contribution in [-0.4, -0.2) is 19.7 Å². The number of ether oxygens (including phenoxy) is 1. The predicted molar refractivity (Wildman–Crippen MR) is 80.7 cm³/mol. The molecule has 1 aliphatic carbocycles. The fraction of sp³-hybridized carbons (Fsp3) is 0.647. The van der Waals surface area contributed by atoms with Crippen LogP contribution < -0.4 is 10.1 Å². The third-order valence-corrected chi connectivity index (χ3v) is 4.65. The number of nitrogens with one attached hydrogen (secondary N) is 1. The Morgan fingerprint density at radius 1 is 1.26 bits per heavy atom. The molecular weight excluding hydrogens is 234 g/mol. The molecule has 2 nitrogen and oxygen atoms in total.